The molecule has 5 nitrogen and oxygen atoms in total. The Labute approximate surface area is 164 Å². The molecule has 0 saturated heterocycles. The number of anilines is 1. The summed E-state index contributed by atoms with van der Waals surface area (Å²) in [6.07, 6.45) is 9.51. The first-order valence-corrected chi connectivity index (χ1v) is 9.23. The predicted molar refractivity (Wildman–Crippen MR) is 110 cm³/mol. The van der Waals surface area contributed by atoms with E-state index in [0.29, 0.717) is 0 Å². The number of fused-ring (bicyclic) bond motifs is 1. The molecule has 0 unspecified atom stereocenters. The number of aliphatic imine (C=N–C) groups is 1. The van der Waals surface area contributed by atoms with Crippen molar-refractivity contribution in [1.29, 1.82) is 0 Å². The number of hydrazine groups is 1. The number of benzene rings is 2. The fourth-order valence-electron chi connectivity index (χ4n) is 3.25. The predicted octanol–water partition coefficient (Wildman–Crippen LogP) is 4.03. The van der Waals surface area contributed by atoms with Crippen molar-refractivity contribution in [2.75, 3.05) is 5.01 Å². The molecule has 0 radical (unpaired) electrons. The van der Waals surface area contributed by atoms with Crippen LogP contribution in [0.3, 0.4) is 0 Å². The van der Waals surface area contributed by atoms with Crippen molar-refractivity contribution in [3.63, 3.8) is 0 Å². The molecule has 1 aliphatic heterocycles. The Hall–Kier alpha value is -3.44. The van der Waals surface area contributed by atoms with Gasteiger partial charge in [0.05, 0.1) is 17.6 Å². The van der Waals surface area contributed by atoms with Gasteiger partial charge in [-0.15, -0.1) is 0 Å². The van der Waals surface area contributed by atoms with Crippen LogP contribution in [0.1, 0.15) is 24.0 Å². The minimum Gasteiger partial charge on any atom is -0.456 e. The highest BCUT2D eigenvalue weighted by Crippen LogP contribution is 2.29. The number of allylic oxidation sites excluding steroid dienone is 4. The van der Waals surface area contributed by atoms with E-state index >= 15 is 0 Å². The molecule has 0 bridgehead atoms. The molecule has 2 aromatic carbocycles. The molecule has 0 spiro atoms. The SMILES string of the molecule is NN1C=C(C(=O)OCc2ccccc2)N=C(C2=CC=CCC2)c2ccccc21. The van der Waals surface area contributed by atoms with Crippen LogP contribution in [-0.4, -0.2) is 11.7 Å². The standard InChI is InChI=1S/C23H21N3O2/c24-26-15-20(23(27)28-16-17-9-3-1-4-10-17)25-22(18-11-5-2-6-12-18)19-13-7-8-14-21(19)26/h1-5,7-11,13-15H,6,12,16,24H2. The maximum absolute atomic E-state index is 12.7. The van der Waals surface area contributed by atoms with Gasteiger partial charge in [-0.25, -0.2) is 15.6 Å². The zero-order chi connectivity index (χ0) is 19.3. The molecular weight excluding hydrogens is 350 g/mol. The fraction of sp³-hybridized carbons (Fsp3) is 0.130. The number of carbonyl (C=O) groups excluding carboxylic acids is 1. The molecule has 2 aliphatic rings. The van der Waals surface area contributed by atoms with E-state index in [-0.39, 0.29) is 12.3 Å². The summed E-state index contributed by atoms with van der Waals surface area (Å²) < 4.78 is 5.48. The third kappa shape index (κ3) is 3.80. The Bertz CT molecular complexity index is 1000. The molecule has 0 aromatic heterocycles. The molecular formula is C23H21N3O2. The van der Waals surface area contributed by atoms with Crippen LogP contribution in [0.25, 0.3) is 0 Å². The summed E-state index contributed by atoms with van der Waals surface area (Å²) in [4.78, 5) is 17.4. The molecule has 140 valence electrons. The molecule has 0 saturated carbocycles. The van der Waals surface area contributed by atoms with Crippen molar-refractivity contribution in [1.82, 2.24) is 0 Å². The Balaban J connectivity index is 1.67. The smallest absolute Gasteiger partial charge is 0.358 e. The molecule has 1 heterocycles. The van der Waals surface area contributed by atoms with Crippen LogP contribution in [-0.2, 0) is 16.1 Å². The van der Waals surface area contributed by atoms with E-state index in [0.717, 1.165) is 40.9 Å². The molecule has 28 heavy (non-hydrogen) atoms. The van der Waals surface area contributed by atoms with Gasteiger partial charge in [-0.2, -0.15) is 0 Å². The number of nitrogens with two attached hydrogens (primary N) is 1. The first-order chi connectivity index (χ1) is 13.7. The minimum atomic E-state index is -0.503. The summed E-state index contributed by atoms with van der Waals surface area (Å²) in [5.41, 5.74) is 4.63. The van der Waals surface area contributed by atoms with Gasteiger partial charge in [0.15, 0.2) is 5.70 Å². The van der Waals surface area contributed by atoms with Crippen LogP contribution in [0.2, 0.25) is 0 Å². The number of para-hydroxylation sites is 1. The molecule has 5 heteroatoms. The normalized spacial score (nSPS) is 15.8. The fourth-order valence-corrected chi connectivity index (χ4v) is 3.25. The van der Waals surface area contributed by atoms with Crippen LogP contribution in [0, 0.1) is 0 Å². The van der Waals surface area contributed by atoms with Gasteiger partial charge >= 0.3 is 5.97 Å². The number of hydrogen-bond donors (Lipinski definition) is 1. The Morgan fingerprint density at radius 2 is 1.89 bits per heavy atom. The van der Waals surface area contributed by atoms with Crippen LogP contribution in [0.15, 0.2) is 95.3 Å². The summed E-state index contributed by atoms with van der Waals surface area (Å²) in [5.74, 6) is 5.71. The number of carbonyl (C=O) groups is 1. The van der Waals surface area contributed by atoms with E-state index < -0.39 is 5.97 Å². The number of hydrogen-bond acceptors (Lipinski definition) is 5. The quantitative estimate of drug-likeness (QED) is 0.651. The third-order valence-corrected chi connectivity index (χ3v) is 4.67. The van der Waals surface area contributed by atoms with Crippen molar-refractivity contribution >= 4 is 17.4 Å². The van der Waals surface area contributed by atoms with E-state index in [1.165, 1.54) is 11.2 Å². The van der Waals surface area contributed by atoms with Crippen LogP contribution >= 0.6 is 0 Å². The lowest BCUT2D eigenvalue weighted by molar-refractivity contribution is -0.140. The topological polar surface area (TPSA) is 67.9 Å². The summed E-state index contributed by atoms with van der Waals surface area (Å²) in [6.45, 7) is 0.185. The van der Waals surface area contributed by atoms with Gasteiger partial charge < -0.3 is 4.74 Å². The van der Waals surface area contributed by atoms with Gasteiger partial charge in [0, 0.05) is 5.56 Å². The van der Waals surface area contributed by atoms with Crippen LogP contribution < -0.4 is 10.9 Å². The summed E-state index contributed by atoms with van der Waals surface area (Å²) in [5, 5.41) is 1.43. The maximum atomic E-state index is 12.7. The van der Waals surface area contributed by atoms with Crippen molar-refractivity contribution in [3.8, 4) is 0 Å². The van der Waals surface area contributed by atoms with Gasteiger partial charge in [0.1, 0.15) is 6.61 Å². The van der Waals surface area contributed by atoms with Gasteiger partial charge in [-0.1, -0.05) is 66.8 Å². The monoisotopic (exact) mass is 371 g/mol. The second-order valence-corrected chi connectivity index (χ2v) is 6.62. The van der Waals surface area contributed by atoms with Crippen molar-refractivity contribution in [2.24, 2.45) is 10.8 Å². The van der Waals surface area contributed by atoms with E-state index in [9.17, 15) is 4.79 Å². The second kappa shape index (κ2) is 8.06. The lowest BCUT2D eigenvalue weighted by Crippen LogP contribution is -2.26. The van der Waals surface area contributed by atoms with Crippen molar-refractivity contribution in [3.05, 3.63) is 101 Å². The van der Waals surface area contributed by atoms with Crippen LogP contribution in [0.5, 0.6) is 0 Å². The number of esters is 1. The molecule has 2 aromatic rings. The van der Waals surface area contributed by atoms with Crippen molar-refractivity contribution < 1.29 is 9.53 Å². The zero-order valence-corrected chi connectivity index (χ0v) is 15.4. The van der Waals surface area contributed by atoms with E-state index in [1.54, 1.807) is 0 Å². The lowest BCUT2D eigenvalue weighted by atomic mass is 9.94. The highest BCUT2D eigenvalue weighted by molar-refractivity contribution is 6.18. The van der Waals surface area contributed by atoms with Gasteiger partial charge in [-0.05, 0) is 30.0 Å². The summed E-state index contributed by atoms with van der Waals surface area (Å²) >= 11 is 0. The maximum Gasteiger partial charge on any atom is 0.358 e. The highest BCUT2D eigenvalue weighted by Gasteiger charge is 2.23. The van der Waals surface area contributed by atoms with Crippen LogP contribution in [0.4, 0.5) is 5.69 Å². The molecule has 0 fully saturated rings. The first-order valence-electron chi connectivity index (χ1n) is 9.23. The van der Waals surface area contributed by atoms with E-state index in [4.69, 9.17) is 10.6 Å². The Morgan fingerprint density at radius 3 is 2.68 bits per heavy atom. The summed E-state index contributed by atoms with van der Waals surface area (Å²) in [6, 6.07) is 17.3. The van der Waals surface area contributed by atoms with Gasteiger partial charge in [-0.3, -0.25) is 5.01 Å². The third-order valence-electron chi connectivity index (χ3n) is 4.67. The van der Waals surface area contributed by atoms with Crippen molar-refractivity contribution in [2.45, 2.75) is 19.4 Å². The largest absolute Gasteiger partial charge is 0.456 e. The Kier molecular flexibility index (Phi) is 5.17. The minimum absolute atomic E-state index is 0.181. The Morgan fingerprint density at radius 1 is 1.11 bits per heavy atom. The molecule has 0 atom stereocenters. The number of rotatable bonds is 4. The first kappa shape index (κ1) is 17.9. The van der Waals surface area contributed by atoms with Gasteiger partial charge in [0.2, 0.25) is 0 Å². The highest BCUT2D eigenvalue weighted by atomic mass is 16.5. The average molecular weight is 371 g/mol. The van der Waals surface area contributed by atoms with Gasteiger partial charge in [0.25, 0.3) is 0 Å². The molecule has 1 aliphatic carbocycles. The molecule has 2 N–H and O–H groups in total. The zero-order valence-electron chi connectivity index (χ0n) is 15.4. The van der Waals surface area contributed by atoms with E-state index in [2.05, 4.69) is 11.1 Å². The lowest BCUT2D eigenvalue weighted by Gasteiger charge is -2.18. The number of ether oxygens (including phenoxy) is 1. The van der Waals surface area contributed by atoms with E-state index in [1.807, 2.05) is 66.7 Å². The molecule has 4 rings (SSSR count). The number of nitrogens with zero attached hydrogens (tertiary/aromatic N) is 2. The second-order valence-electron chi connectivity index (χ2n) is 6.62. The average Bonchev–Trinajstić information content (AvgIpc) is 2.90. The molecule has 0 amide bonds. The summed E-state index contributed by atoms with van der Waals surface area (Å²) in [7, 11) is 0.